The summed E-state index contributed by atoms with van der Waals surface area (Å²) in [5, 5.41) is 9.04. The van der Waals surface area contributed by atoms with Crippen molar-refractivity contribution in [2.75, 3.05) is 11.4 Å². The molecule has 0 heterocycles. The molecule has 0 aliphatic carbocycles. The first-order valence-electron chi connectivity index (χ1n) is 8.20. The zero-order valence-electron chi connectivity index (χ0n) is 14.1. The van der Waals surface area contributed by atoms with E-state index in [0.29, 0.717) is 11.3 Å². The number of carbonyl (C=O) groups excluding carboxylic acids is 2. The van der Waals surface area contributed by atoms with Crippen LogP contribution in [0.15, 0.2) is 54.6 Å². The molecule has 0 saturated carbocycles. The molecule has 0 bridgehead atoms. The monoisotopic (exact) mass is 339 g/mol. The van der Waals surface area contributed by atoms with Crippen LogP contribution >= 0.6 is 0 Å². The van der Waals surface area contributed by atoms with E-state index in [4.69, 9.17) is 5.11 Å². The summed E-state index contributed by atoms with van der Waals surface area (Å²) in [5.41, 5.74) is 2.22. The molecule has 5 nitrogen and oxygen atoms in total. The second kappa shape index (κ2) is 8.78. The number of Topliss-reactive ketones (excluding diaryl/α,β-unsaturated/α-hetero) is 1. The largest absolute Gasteiger partial charge is 0.480 e. The maximum absolute atomic E-state index is 12.4. The summed E-state index contributed by atoms with van der Waals surface area (Å²) in [5.74, 6) is -1.61. The first-order chi connectivity index (χ1) is 12.0. The van der Waals surface area contributed by atoms with Gasteiger partial charge in [-0.25, -0.2) is 0 Å². The van der Waals surface area contributed by atoms with Crippen LogP contribution < -0.4 is 4.90 Å². The lowest BCUT2D eigenvalue weighted by molar-refractivity contribution is -0.136. The highest BCUT2D eigenvalue weighted by molar-refractivity contribution is 6.02. The summed E-state index contributed by atoms with van der Waals surface area (Å²) in [6, 6.07) is 15.9. The van der Waals surface area contributed by atoms with Crippen LogP contribution in [0.4, 0.5) is 5.69 Å². The van der Waals surface area contributed by atoms with Crippen LogP contribution in [0.2, 0.25) is 0 Å². The van der Waals surface area contributed by atoms with Crippen LogP contribution in [-0.4, -0.2) is 29.3 Å². The predicted molar refractivity (Wildman–Crippen MR) is 95.8 cm³/mol. The maximum atomic E-state index is 12.4. The third kappa shape index (κ3) is 5.28. The van der Waals surface area contributed by atoms with Crippen molar-refractivity contribution in [1.82, 2.24) is 0 Å². The minimum Gasteiger partial charge on any atom is -0.480 e. The number of amides is 1. The molecule has 0 atom stereocenters. The Bertz CT molecular complexity index is 738. The van der Waals surface area contributed by atoms with Crippen LogP contribution in [0.5, 0.6) is 0 Å². The number of nitrogens with zero attached hydrogens (tertiary/aromatic N) is 1. The lowest BCUT2D eigenvalue weighted by Crippen LogP contribution is -2.35. The van der Waals surface area contributed by atoms with Crippen LogP contribution in [0, 0.1) is 0 Å². The Morgan fingerprint density at radius 1 is 0.920 bits per heavy atom. The van der Waals surface area contributed by atoms with Crippen molar-refractivity contribution in [3.05, 3.63) is 65.7 Å². The Hall–Kier alpha value is -2.95. The minimum absolute atomic E-state index is 0.0312. The fourth-order valence-corrected chi connectivity index (χ4v) is 2.49. The summed E-state index contributed by atoms with van der Waals surface area (Å²) >= 11 is 0. The average Bonchev–Trinajstić information content (AvgIpc) is 2.64. The molecule has 0 aliphatic heterocycles. The number of carboxylic acids is 1. The molecule has 0 aliphatic rings. The number of benzene rings is 2. The SMILES string of the molecule is CCc1ccc(C(=O)CCC(=O)N(CC(=O)O)c2ccccc2)cc1. The van der Waals surface area contributed by atoms with Crippen molar-refractivity contribution in [3.63, 3.8) is 0 Å². The molecule has 0 aromatic heterocycles. The standard InChI is InChI=1S/C20H21NO4/c1-2-15-8-10-16(11-9-15)18(22)12-13-19(23)21(14-20(24)25)17-6-4-3-5-7-17/h3-11H,2,12-14H2,1H3,(H,24,25). The highest BCUT2D eigenvalue weighted by atomic mass is 16.4. The number of aryl methyl sites for hydroxylation is 1. The second-order valence-corrected chi connectivity index (χ2v) is 5.68. The smallest absolute Gasteiger partial charge is 0.323 e. The van der Waals surface area contributed by atoms with Crippen LogP contribution in [0.25, 0.3) is 0 Å². The molecule has 0 saturated heterocycles. The number of rotatable bonds is 8. The first kappa shape index (κ1) is 18.4. The fourth-order valence-electron chi connectivity index (χ4n) is 2.49. The summed E-state index contributed by atoms with van der Waals surface area (Å²) in [6.45, 7) is 1.61. The van der Waals surface area contributed by atoms with Crippen molar-refractivity contribution in [1.29, 1.82) is 0 Å². The molecule has 5 heteroatoms. The molecule has 1 N–H and O–H groups in total. The fraction of sp³-hybridized carbons (Fsp3) is 0.250. The number of hydrogen-bond donors (Lipinski definition) is 1. The molecular formula is C20H21NO4. The minimum atomic E-state index is -1.10. The molecule has 0 radical (unpaired) electrons. The number of ketones is 1. The average molecular weight is 339 g/mol. The molecule has 0 spiro atoms. The molecule has 2 aromatic rings. The molecule has 2 aromatic carbocycles. The van der Waals surface area contributed by atoms with E-state index in [1.807, 2.05) is 19.1 Å². The van der Waals surface area contributed by atoms with Crippen LogP contribution in [0.3, 0.4) is 0 Å². The predicted octanol–water partition coefficient (Wildman–Crippen LogP) is 3.33. The van der Waals surface area contributed by atoms with Gasteiger partial charge in [0.1, 0.15) is 6.54 Å². The molecule has 0 unspecified atom stereocenters. The highest BCUT2D eigenvalue weighted by Crippen LogP contribution is 2.16. The van der Waals surface area contributed by atoms with E-state index in [9.17, 15) is 14.4 Å². The molecule has 25 heavy (non-hydrogen) atoms. The van der Waals surface area contributed by atoms with Crippen molar-refractivity contribution in [3.8, 4) is 0 Å². The Kier molecular flexibility index (Phi) is 6.46. The Morgan fingerprint density at radius 3 is 2.12 bits per heavy atom. The molecule has 2 rings (SSSR count). The van der Waals surface area contributed by atoms with E-state index in [1.165, 1.54) is 4.90 Å². The Labute approximate surface area is 146 Å². The van der Waals surface area contributed by atoms with Gasteiger partial charge in [-0.15, -0.1) is 0 Å². The van der Waals surface area contributed by atoms with Crippen molar-refractivity contribution >= 4 is 23.3 Å². The number of anilines is 1. The van der Waals surface area contributed by atoms with Gasteiger partial charge in [0.15, 0.2) is 5.78 Å². The maximum Gasteiger partial charge on any atom is 0.323 e. The number of carboxylic acid groups (broad SMARTS) is 1. The topological polar surface area (TPSA) is 74.7 Å². The van der Waals surface area contributed by atoms with Crippen molar-refractivity contribution < 1.29 is 19.5 Å². The zero-order valence-corrected chi connectivity index (χ0v) is 14.1. The van der Waals surface area contributed by atoms with Gasteiger partial charge in [0, 0.05) is 24.1 Å². The molecular weight excluding hydrogens is 318 g/mol. The van der Waals surface area contributed by atoms with Gasteiger partial charge >= 0.3 is 5.97 Å². The van der Waals surface area contributed by atoms with Gasteiger partial charge in [0.2, 0.25) is 5.91 Å². The second-order valence-electron chi connectivity index (χ2n) is 5.68. The quantitative estimate of drug-likeness (QED) is 0.749. The third-order valence-electron chi connectivity index (χ3n) is 3.91. The normalized spacial score (nSPS) is 10.3. The van der Waals surface area contributed by atoms with Gasteiger partial charge < -0.3 is 10.0 Å². The highest BCUT2D eigenvalue weighted by Gasteiger charge is 2.19. The van der Waals surface area contributed by atoms with E-state index < -0.39 is 12.5 Å². The van der Waals surface area contributed by atoms with E-state index in [-0.39, 0.29) is 24.5 Å². The van der Waals surface area contributed by atoms with Crippen molar-refractivity contribution in [2.24, 2.45) is 0 Å². The first-order valence-corrected chi connectivity index (χ1v) is 8.20. The molecule has 130 valence electrons. The summed E-state index contributed by atoms with van der Waals surface area (Å²) in [4.78, 5) is 36.9. The van der Waals surface area contributed by atoms with Crippen molar-refractivity contribution in [2.45, 2.75) is 26.2 Å². The van der Waals surface area contributed by atoms with Gasteiger partial charge in [-0.2, -0.15) is 0 Å². The van der Waals surface area contributed by atoms with E-state index in [1.54, 1.807) is 42.5 Å². The summed E-state index contributed by atoms with van der Waals surface area (Å²) < 4.78 is 0. The van der Waals surface area contributed by atoms with Crippen LogP contribution in [0.1, 0.15) is 35.7 Å². The van der Waals surface area contributed by atoms with Gasteiger partial charge in [-0.05, 0) is 24.1 Å². The lowest BCUT2D eigenvalue weighted by atomic mass is 10.0. The van der Waals surface area contributed by atoms with Gasteiger partial charge in [-0.3, -0.25) is 14.4 Å². The summed E-state index contributed by atoms with van der Waals surface area (Å²) in [7, 11) is 0. The third-order valence-corrected chi connectivity index (χ3v) is 3.91. The molecule has 1 amide bonds. The summed E-state index contributed by atoms with van der Waals surface area (Å²) in [6.07, 6.45) is 0.915. The number of aliphatic carboxylic acids is 1. The number of hydrogen-bond acceptors (Lipinski definition) is 3. The zero-order chi connectivity index (χ0) is 18.2. The molecule has 0 fully saturated rings. The Balaban J connectivity index is 2.02. The van der Waals surface area contributed by atoms with Gasteiger partial charge in [-0.1, -0.05) is 49.4 Å². The van der Waals surface area contributed by atoms with E-state index >= 15 is 0 Å². The van der Waals surface area contributed by atoms with E-state index in [2.05, 4.69) is 0 Å². The van der Waals surface area contributed by atoms with Gasteiger partial charge in [0.25, 0.3) is 0 Å². The Morgan fingerprint density at radius 2 is 1.56 bits per heavy atom. The van der Waals surface area contributed by atoms with E-state index in [0.717, 1.165) is 12.0 Å². The lowest BCUT2D eigenvalue weighted by Gasteiger charge is -2.20. The van der Waals surface area contributed by atoms with Gasteiger partial charge in [0.05, 0.1) is 0 Å². The van der Waals surface area contributed by atoms with Crippen LogP contribution in [-0.2, 0) is 16.0 Å². The number of para-hydroxylation sites is 1. The number of carbonyl (C=O) groups is 3.